The number of rotatable bonds is 5. The zero-order valence-corrected chi connectivity index (χ0v) is 15.5. The SMILES string of the molecule is N#Cc1cnc2[nH]cc(Cc3ccc(NCc4ccc(C(F)(F)F)nc4)nc3)c2c1. The molecule has 0 saturated carbocycles. The van der Waals surface area contributed by atoms with Crippen molar-refractivity contribution < 1.29 is 13.2 Å². The number of aromatic nitrogens is 4. The summed E-state index contributed by atoms with van der Waals surface area (Å²) in [6.45, 7) is 0.308. The Hall–Kier alpha value is -3.93. The highest BCUT2D eigenvalue weighted by Crippen LogP contribution is 2.27. The number of nitriles is 1. The Balaban J connectivity index is 1.40. The van der Waals surface area contributed by atoms with Crippen LogP contribution in [-0.4, -0.2) is 19.9 Å². The van der Waals surface area contributed by atoms with Gasteiger partial charge in [-0.3, -0.25) is 4.98 Å². The molecule has 0 amide bonds. The molecule has 4 rings (SSSR count). The van der Waals surface area contributed by atoms with Crippen LogP contribution in [0.5, 0.6) is 0 Å². The number of anilines is 1. The summed E-state index contributed by atoms with van der Waals surface area (Å²) in [4.78, 5) is 15.1. The van der Waals surface area contributed by atoms with Crippen molar-refractivity contribution in [3.8, 4) is 6.07 Å². The van der Waals surface area contributed by atoms with Crippen LogP contribution >= 0.6 is 0 Å². The van der Waals surface area contributed by atoms with Crippen molar-refractivity contribution in [1.29, 1.82) is 5.26 Å². The minimum atomic E-state index is -4.44. The maximum absolute atomic E-state index is 12.6. The molecule has 2 N–H and O–H groups in total. The van der Waals surface area contributed by atoms with E-state index in [1.54, 1.807) is 18.3 Å². The Bertz CT molecular complexity index is 1200. The summed E-state index contributed by atoms with van der Waals surface area (Å²) < 4.78 is 37.7. The number of pyridine rings is 3. The summed E-state index contributed by atoms with van der Waals surface area (Å²) in [7, 11) is 0. The lowest BCUT2D eigenvalue weighted by Gasteiger charge is -2.08. The molecule has 6 nitrogen and oxygen atoms in total. The van der Waals surface area contributed by atoms with Gasteiger partial charge in [0, 0.05) is 43.1 Å². The van der Waals surface area contributed by atoms with Crippen molar-refractivity contribution in [2.75, 3.05) is 5.32 Å². The fourth-order valence-corrected chi connectivity index (χ4v) is 3.01. The highest BCUT2D eigenvalue weighted by atomic mass is 19.4. The van der Waals surface area contributed by atoms with Gasteiger partial charge in [-0.1, -0.05) is 12.1 Å². The molecular formula is C21H15F3N6. The Kier molecular flexibility index (Phi) is 5.06. The van der Waals surface area contributed by atoms with Gasteiger partial charge in [-0.15, -0.1) is 0 Å². The number of fused-ring (bicyclic) bond motifs is 1. The number of halogens is 3. The summed E-state index contributed by atoms with van der Waals surface area (Å²) in [5.41, 5.74) is 2.91. The van der Waals surface area contributed by atoms with Crippen molar-refractivity contribution in [2.45, 2.75) is 19.1 Å². The van der Waals surface area contributed by atoms with Crippen molar-refractivity contribution in [3.05, 3.63) is 83.1 Å². The normalized spacial score (nSPS) is 11.4. The molecule has 0 fully saturated rings. The predicted molar refractivity (Wildman–Crippen MR) is 104 cm³/mol. The fourth-order valence-electron chi connectivity index (χ4n) is 3.01. The smallest absolute Gasteiger partial charge is 0.366 e. The summed E-state index contributed by atoms with van der Waals surface area (Å²) in [5, 5.41) is 13.0. The third kappa shape index (κ3) is 4.22. The van der Waals surface area contributed by atoms with E-state index in [2.05, 4.69) is 31.3 Å². The minimum absolute atomic E-state index is 0.308. The van der Waals surface area contributed by atoms with E-state index in [0.717, 1.165) is 28.2 Å². The van der Waals surface area contributed by atoms with E-state index < -0.39 is 11.9 Å². The van der Waals surface area contributed by atoms with Gasteiger partial charge in [-0.25, -0.2) is 9.97 Å². The van der Waals surface area contributed by atoms with E-state index in [1.807, 2.05) is 12.3 Å². The number of hydrogen-bond acceptors (Lipinski definition) is 5. The van der Waals surface area contributed by atoms with E-state index in [1.165, 1.54) is 18.5 Å². The average molecular weight is 408 g/mol. The van der Waals surface area contributed by atoms with Crippen molar-refractivity contribution in [2.24, 2.45) is 0 Å². The number of alkyl halides is 3. The van der Waals surface area contributed by atoms with Gasteiger partial charge in [0.05, 0.1) is 5.56 Å². The van der Waals surface area contributed by atoms with Crippen LogP contribution in [0.4, 0.5) is 19.0 Å². The fraction of sp³-hybridized carbons (Fsp3) is 0.143. The molecule has 0 aromatic carbocycles. The molecule has 4 aromatic heterocycles. The van der Waals surface area contributed by atoms with Crippen LogP contribution in [0, 0.1) is 11.3 Å². The van der Waals surface area contributed by atoms with Gasteiger partial charge in [0.25, 0.3) is 0 Å². The molecule has 0 bridgehead atoms. The zero-order chi connectivity index (χ0) is 21.1. The molecule has 150 valence electrons. The first-order chi connectivity index (χ1) is 14.4. The van der Waals surface area contributed by atoms with Crippen molar-refractivity contribution in [1.82, 2.24) is 19.9 Å². The minimum Gasteiger partial charge on any atom is -0.366 e. The Morgan fingerprint density at radius 2 is 1.80 bits per heavy atom. The second kappa shape index (κ2) is 7.83. The summed E-state index contributed by atoms with van der Waals surface area (Å²) >= 11 is 0. The molecular weight excluding hydrogens is 393 g/mol. The molecule has 0 atom stereocenters. The molecule has 0 spiro atoms. The molecule has 4 heterocycles. The Labute approximate surface area is 169 Å². The summed E-state index contributed by atoms with van der Waals surface area (Å²) in [6.07, 6.45) is 2.49. The first-order valence-electron chi connectivity index (χ1n) is 8.99. The van der Waals surface area contributed by atoms with Crippen molar-refractivity contribution in [3.63, 3.8) is 0 Å². The molecule has 0 aliphatic carbocycles. The standard InChI is InChI=1S/C21H15F3N6/c22-21(23,24)18-3-1-14(9-26-18)10-28-19-4-2-13(8-27-19)5-16-12-30-20-17(16)6-15(7-25)11-29-20/h1-4,6,8-9,11-12H,5,10H2,(H,27,28)(H,29,30). The zero-order valence-electron chi connectivity index (χ0n) is 15.5. The first kappa shape index (κ1) is 19.4. The molecule has 0 unspecified atom stereocenters. The second-order valence-electron chi connectivity index (χ2n) is 6.68. The van der Waals surface area contributed by atoms with Crippen LogP contribution in [0.1, 0.15) is 27.9 Å². The lowest BCUT2D eigenvalue weighted by molar-refractivity contribution is -0.141. The largest absolute Gasteiger partial charge is 0.433 e. The highest BCUT2D eigenvalue weighted by molar-refractivity contribution is 5.81. The molecule has 0 saturated heterocycles. The third-order valence-electron chi connectivity index (χ3n) is 4.55. The topological polar surface area (TPSA) is 90.3 Å². The van der Waals surface area contributed by atoms with E-state index in [9.17, 15) is 13.2 Å². The quantitative estimate of drug-likeness (QED) is 0.509. The molecule has 0 aliphatic heterocycles. The van der Waals surface area contributed by atoms with Crippen LogP contribution in [0.15, 0.2) is 55.1 Å². The molecule has 9 heteroatoms. The maximum Gasteiger partial charge on any atom is 0.433 e. The maximum atomic E-state index is 12.6. The Morgan fingerprint density at radius 3 is 2.47 bits per heavy atom. The number of aromatic amines is 1. The molecule has 30 heavy (non-hydrogen) atoms. The first-order valence-corrected chi connectivity index (χ1v) is 8.99. The molecule has 4 aromatic rings. The van der Waals surface area contributed by atoms with Crippen LogP contribution < -0.4 is 5.32 Å². The van der Waals surface area contributed by atoms with Crippen LogP contribution in [0.25, 0.3) is 11.0 Å². The van der Waals surface area contributed by atoms with Crippen molar-refractivity contribution >= 4 is 16.9 Å². The van der Waals surface area contributed by atoms with Crippen LogP contribution in [0.2, 0.25) is 0 Å². The van der Waals surface area contributed by atoms with Gasteiger partial charge < -0.3 is 10.3 Å². The lowest BCUT2D eigenvalue weighted by atomic mass is 10.1. The van der Waals surface area contributed by atoms with E-state index in [0.29, 0.717) is 29.9 Å². The van der Waals surface area contributed by atoms with Gasteiger partial charge in [0.15, 0.2) is 0 Å². The average Bonchev–Trinajstić information content (AvgIpc) is 3.15. The summed E-state index contributed by atoms with van der Waals surface area (Å²) in [5.74, 6) is 0.603. The Morgan fingerprint density at radius 1 is 1.00 bits per heavy atom. The van der Waals surface area contributed by atoms with Gasteiger partial charge >= 0.3 is 6.18 Å². The molecule has 0 radical (unpaired) electrons. The number of H-pyrrole nitrogens is 1. The van der Waals surface area contributed by atoms with Gasteiger partial charge in [0.2, 0.25) is 0 Å². The number of hydrogen-bond donors (Lipinski definition) is 2. The summed E-state index contributed by atoms with van der Waals surface area (Å²) in [6, 6.07) is 9.96. The van der Waals surface area contributed by atoms with Gasteiger partial charge in [-0.05, 0) is 34.9 Å². The second-order valence-corrected chi connectivity index (χ2v) is 6.68. The highest BCUT2D eigenvalue weighted by Gasteiger charge is 2.31. The van der Waals surface area contributed by atoms with Gasteiger partial charge in [0.1, 0.15) is 23.2 Å². The van der Waals surface area contributed by atoms with Gasteiger partial charge in [-0.2, -0.15) is 18.4 Å². The van der Waals surface area contributed by atoms with Crippen LogP contribution in [0.3, 0.4) is 0 Å². The van der Waals surface area contributed by atoms with E-state index >= 15 is 0 Å². The lowest BCUT2D eigenvalue weighted by Crippen LogP contribution is -2.08. The molecule has 0 aliphatic rings. The monoisotopic (exact) mass is 408 g/mol. The number of nitrogens with zero attached hydrogens (tertiary/aromatic N) is 4. The van der Waals surface area contributed by atoms with E-state index in [-0.39, 0.29) is 0 Å². The third-order valence-corrected chi connectivity index (χ3v) is 4.55. The number of nitrogens with one attached hydrogen (secondary N) is 2. The van der Waals surface area contributed by atoms with E-state index in [4.69, 9.17) is 5.26 Å². The predicted octanol–water partition coefficient (Wildman–Crippen LogP) is 4.45. The van der Waals surface area contributed by atoms with Crippen LogP contribution in [-0.2, 0) is 19.1 Å².